The summed E-state index contributed by atoms with van der Waals surface area (Å²) < 4.78 is 16.3. The van der Waals surface area contributed by atoms with Crippen LogP contribution in [-0.2, 0) is 21.6 Å². The topological polar surface area (TPSA) is 124 Å². The molecule has 2 aromatic carbocycles. The molecule has 1 saturated carbocycles. The Kier molecular flexibility index (Phi) is 7.71. The van der Waals surface area contributed by atoms with E-state index in [1.54, 1.807) is 36.4 Å². The summed E-state index contributed by atoms with van der Waals surface area (Å²) in [5, 5.41) is 31.2. The van der Waals surface area contributed by atoms with E-state index in [1.165, 1.54) is 25.1 Å². The lowest BCUT2D eigenvalue weighted by Gasteiger charge is -2.39. The molecule has 3 aromatic rings. The Morgan fingerprint density at radius 3 is 2.67 bits per heavy atom. The number of pyridine rings is 1. The molecule has 1 aliphatic heterocycles. The fourth-order valence-electron chi connectivity index (χ4n) is 5.73. The van der Waals surface area contributed by atoms with E-state index in [0.717, 1.165) is 11.5 Å². The van der Waals surface area contributed by atoms with Gasteiger partial charge in [-0.1, -0.05) is 48.4 Å². The molecular weight excluding hydrogens is 537 g/mol. The van der Waals surface area contributed by atoms with Crippen molar-refractivity contribution in [1.82, 2.24) is 10.0 Å². The molecule has 4 atom stereocenters. The van der Waals surface area contributed by atoms with Crippen LogP contribution in [0.5, 0.6) is 0 Å². The first-order chi connectivity index (χ1) is 19.2. The van der Waals surface area contributed by atoms with E-state index in [4.69, 9.17) is 16.4 Å². The van der Waals surface area contributed by atoms with Gasteiger partial charge in [-0.05, 0) is 49.6 Å². The SMILES string of the molecule is CC(O)C(=O)[C@@]1(Cc2cccc(C#N)n2)c2ccc(-c3ccc(Cl)cc3)c(F)c2C(=O)N1OC1CCCC1CO. The second kappa shape index (κ2) is 11.1. The minimum absolute atomic E-state index is 0.0290. The molecule has 2 aliphatic rings. The molecular formula is C30H27ClFN3O5. The van der Waals surface area contributed by atoms with Crippen LogP contribution in [0, 0.1) is 23.1 Å². The number of rotatable bonds is 8. The van der Waals surface area contributed by atoms with Crippen molar-refractivity contribution in [1.29, 1.82) is 5.26 Å². The molecule has 2 heterocycles. The van der Waals surface area contributed by atoms with Crippen molar-refractivity contribution < 1.29 is 29.0 Å². The minimum Gasteiger partial charge on any atom is -0.396 e. The van der Waals surface area contributed by atoms with Crippen LogP contribution >= 0.6 is 11.6 Å². The fourth-order valence-corrected chi connectivity index (χ4v) is 5.85. The number of aliphatic hydroxyl groups is 2. The molecule has 8 nitrogen and oxygen atoms in total. The third-order valence-corrected chi connectivity index (χ3v) is 7.95. The maximum absolute atomic E-state index is 16.3. The highest BCUT2D eigenvalue weighted by Gasteiger charge is 2.59. The summed E-state index contributed by atoms with van der Waals surface area (Å²) in [4.78, 5) is 38.6. The molecule has 3 unspecified atom stereocenters. The van der Waals surface area contributed by atoms with E-state index in [9.17, 15) is 25.1 Å². The average molecular weight is 564 g/mol. The summed E-state index contributed by atoms with van der Waals surface area (Å²) in [7, 11) is 0. The molecule has 10 heteroatoms. The van der Waals surface area contributed by atoms with Gasteiger partial charge in [-0.15, -0.1) is 0 Å². The lowest BCUT2D eigenvalue weighted by atomic mass is 9.79. The zero-order valence-corrected chi connectivity index (χ0v) is 22.4. The number of benzene rings is 2. The van der Waals surface area contributed by atoms with Crippen LogP contribution in [0.4, 0.5) is 4.39 Å². The van der Waals surface area contributed by atoms with E-state index >= 15 is 4.39 Å². The fraction of sp³-hybridized carbons (Fsp3) is 0.333. The lowest BCUT2D eigenvalue weighted by Crippen LogP contribution is -2.55. The Hall–Kier alpha value is -3.68. The molecule has 0 radical (unpaired) electrons. The van der Waals surface area contributed by atoms with Gasteiger partial charge >= 0.3 is 0 Å². The van der Waals surface area contributed by atoms with Gasteiger partial charge in [0.25, 0.3) is 5.91 Å². The maximum Gasteiger partial charge on any atom is 0.282 e. The van der Waals surface area contributed by atoms with Gasteiger partial charge in [0, 0.05) is 40.8 Å². The smallest absolute Gasteiger partial charge is 0.282 e. The summed E-state index contributed by atoms with van der Waals surface area (Å²) in [6.45, 7) is 1.09. The molecule has 206 valence electrons. The van der Waals surface area contributed by atoms with Crippen molar-refractivity contribution in [3.05, 3.63) is 88.0 Å². The number of nitrogens with zero attached hydrogens (tertiary/aromatic N) is 3. The first kappa shape index (κ1) is 27.9. The Morgan fingerprint density at radius 1 is 1.25 bits per heavy atom. The number of nitriles is 1. The highest BCUT2D eigenvalue weighted by Crippen LogP contribution is 2.47. The van der Waals surface area contributed by atoms with Gasteiger partial charge in [-0.2, -0.15) is 10.3 Å². The number of carbonyl (C=O) groups excluding carboxylic acids is 2. The highest BCUT2D eigenvalue weighted by atomic mass is 35.5. The number of hydrogen-bond donors (Lipinski definition) is 2. The van der Waals surface area contributed by atoms with E-state index in [0.29, 0.717) is 23.4 Å². The molecule has 0 bridgehead atoms. The van der Waals surface area contributed by atoms with Crippen molar-refractivity contribution in [2.45, 2.75) is 50.4 Å². The minimum atomic E-state index is -1.98. The van der Waals surface area contributed by atoms with Crippen molar-refractivity contribution in [2.75, 3.05) is 6.61 Å². The number of Topliss-reactive ketones (excluding diaryl/α,β-unsaturated/α-hetero) is 1. The lowest BCUT2D eigenvalue weighted by molar-refractivity contribution is -0.225. The van der Waals surface area contributed by atoms with E-state index < -0.39 is 35.3 Å². The van der Waals surface area contributed by atoms with Crippen LogP contribution in [0.15, 0.2) is 54.6 Å². The predicted molar refractivity (Wildman–Crippen MR) is 143 cm³/mol. The Bertz CT molecular complexity index is 1510. The first-order valence-corrected chi connectivity index (χ1v) is 13.4. The number of amides is 1. The molecule has 5 rings (SSSR count). The van der Waals surface area contributed by atoms with E-state index in [-0.39, 0.29) is 47.0 Å². The molecule has 40 heavy (non-hydrogen) atoms. The van der Waals surface area contributed by atoms with Crippen molar-refractivity contribution in [2.24, 2.45) is 5.92 Å². The third-order valence-electron chi connectivity index (χ3n) is 7.70. The monoisotopic (exact) mass is 563 g/mol. The molecule has 2 N–H and O–H groups in total. The number of carbonyl (C=O) groups is 2. The number of hydroxylamine groups is 2. The highest BCUT2D eigenvalue weighted by molar-refractivity contribution is 6.30. The standard InChI is InChI=1S/C30H27ClFN3O5/c1-17(37)28(38)30(14-21-5-3-6-22(15-33)34-21)24-13-12-23(18-8-10-20(31)11-9-18)27(32)26(24)29(39)35(30)40-25-7-2-4-19(25)16-36/h3,5-6,8-13,17,19,25,36-37H,2,4,7,14,16H2,1H3/t17?,19?,25?,30-/m1/s1. The van der Waals surface area contributed by atoms with Gasteiger partial charge in [0.05, 0.1) is 11.7 Å². The summed E-state index contributed by atoms with van der Waals surface area (Å²) in [5.74, 6) is -2.80. The first-order valence-electron chi connectivity index (χ1n) is 13.0. The van der Waals surface area contributed by atoms with Crippen LogP contribution in [0.25, 0.3) is 11.1 Å². The third kappa shape index (κ3) is 4.67. The van der Waals surface area contributed by atoms with E-state index in [2.05, 4.69) is 4.98 Å². The van der Waals surface area contributed by atoms with Gasteiger partial charge < -0.3 is 10.2 Å². The average Bonchev–Trinajstić information content (AvgIpc) is 3.50. The zero-order chi connectivity index (χ0) is 28.6. The largest absolute Gasteiger partial charge is 0.396 e. The molecule has 1 fully saturated rings. The van der Waals surface area contributed by atoms with Crippen LogP contribution in [0.3, 0.4) is 0 Å². The summed E-state index contributed by atoms with van der Waals surface area (Å²) >= 11 is 6.00. The zero-order valence-electron chi connectivity index (χ0n) is 21.7. The number of aromatic nitrogens is 1. The molecule has 1 aromatic heterocycles. The Labute approximate surface area is 235 Å². The predicted octanol–water partition coefficient (Wildman–Crippen LogP) is 4.35. The molecule has 1 aliphatic carbocycles. The van der Waals surface area contributed by atoms with Crippen molar-refractivity contribution in [3.8, 4) is 17.2 Å². The van der Waals surface area contributed by atoms with Gasteiger partial charge in [0.2, 0.25) is 0 Å². The Balaban J connectivity index is 1.73. The summed E-state index contributed by atoms with van der Waals surface area (Å²) in [6.07, 6.45) is -0.522. The van der Waals surface area contributed by atoms with Gasteiger partial charge in [0.1, 0.15) is 23.7 Å². The van der Waals surface area contributed by atoms with Crippen LogP contribution in [0.1, 0.15) is 53.5 Å². The van der Waals surface area contributed by atoms with Gasteiger partial charge in [-0.25, -0.2) is 9.37 Å². The van der Waals surface area contributed by atoms with Crippen LogP contribution < -0.4 is 0 Å². The second-order valence-corrected chi connectivity index (χ2v) is 10.6. The quantitative estimate of drug-likeness (QED) is 0.417. The van der Waals surface area contributed by atoms with E-state index in [1.807, 2.05) is 6.07 Å². The molecule has 0 saturated heterocycles. The number of halogens is 2. The molecule has 0 spiro atoms. The van der Waals surface area contributed by atoms with Crippen LogP contribution in [-0.4, -0.2) is 50.8 Å². The number of ketones is 1. The number of aliphatic hydroxyl groups excluding tert-OH is 2. The van der Waals surface area contributed by atoms with Crippen molar-refractivity contribution >= 4 is 23.3 Å². The summed E-state index contributed by atoms with van der Waals surface area (Å²) in [5.41, 5.74) is -1.34. The summed E-state index contributed by atoms with van der Waals surface area (Å²) in [6, 6.07) is 16.0. The second-order valence-electron chi connectivity index (χ2n) is 10.2. The number of fused-ring (bicyclic) bond motifs is 1. The van der Waals surface area contributed by atoms with Gasteiger partial charge in [0.15, 0.2) is 11.3 Å². The van der Waals surface area contributed by atoms with Crippen molar-refractivity contribution in [3.63, 3.8) is 0 Å². The van der Waals surface area contributed by atoms with Crippen LogP contribution in [0.2, 0.25) is 5.02 Å². The number of hydrogen-bond acceptors (Lipinski definition) is 7. The van der Waals surface area contributed by atoms with Gasteiger partial charge in [-0.3, -0.25) is 14.4 Å². The maximum atomic E-state index is 16.3. The normalized spacial score (nSPS) is 22.7. The molecule has 1 amide bonds. The Morgan fingerprint density at radius 2 is 2.00 bits per heavy atom.